The second-order valence-electron chi connectivity index (χ2n) is 5.19. The molecule has 2 aromatic carbocycles. The summed E-state index contributed by atoms with van der Waals surface area (Å²) >= 11 is 3.40. The maximum Gasteiger partial charge on any atom is 0.407 e. The number of carbonyl (C=O) groups is 1. The molecule has 3 rings (SSSR count). The standard InChI is InChI=1S/C19H16BrNO3/c20-16-8-6-15(7-9-16)18-11-10-17(24-18)12-21-19(22)23-13-14-4-2-1-3-5-14/h1-11H,12-13H2,(H,21,22). The molecule has 3 aromatic rings. The van der Waals surface area contributed by atoms with Gasteiger partial charge < -0.3 is 14.5 Å². The van der Waals surface area contributed by atoms with Gasteiger partial charge in [-0.2, -0.15) is 0 Å². The topological polar surface area (TPSA) is 51.5 Å². The van der Waals surface area contributed by atoms with Crippen LogP contribution in [0.25, 0.3) is 11.3 Å². The van der Waals surface area contributed by atoms with Crippen LogP contribution in [0.5, 0.6) is 0 Å². The summed E-state index contributed by atoms with van der Waals surface area (Å²) in [6, 6.07) is 21.1. The normalized spacial score (nSPS) is 10.4. The largest absolute Gasteiger partial charge is 0.459 e. The van der Waals surface area contributed by atoms with Crippen LogP contribution in [-0.4, -0.2) is 6.09 Å². The molecule has 0 bridgehead atoms. The monoisotopic (exact) mass is 385 g/mol. The average Bonchev–Trinajstić information content (AvgIpc) is 3.09. The molecule has 1 amide bonds. The van der Waals surface area contributed by atoms with Gasteiger partial charge in [-0.1, -0.05) is 58.4 Å². The summed E-state index contributed by atoms with van der Waals surface area (Å²) in [4.78, 5) is 11.7. The molecule has 1 heterocycles. The first-order valence-corrected chi connectivity index (χ1v) is 8.29. The number of alkyl carbamates (subject to hydrolysis) is 1. The van der Waals surface area contributed by atoms with E-state index in [9.17, 15) is 4.79 Å². The highest BCUT2D eigenvalue weighted by Gasteiger charge is 2.07. The highest BCUT2D eigenvalue weighted by Crippen LogP contribution is 2.23. The lowest BCUT2D eigenvalue weighted by atomic mass is 10.2. The number of rotatable bonds is 5. The van der Waals surface area contributed by atoms with E-state index in [0.29, 0.717) is 5.76 Å². The van der Waals surface area contributed by atoms with Crippen molar-refractivity contribution in [3.63, 3.8) is 0 Å². The molecule has 0 aliphatic rings. The van der Waals surface area contributed by atoms with Gasteiger partial charge in [0, 0.05) is 10.0 Å². The van der Waals surface area contributed by atoms with Crippen LogP contribution in [-0.2, 0) is 17.9 Å². The Morgan fingerprint density at radius 2 is 1.75 bits per heavy atom. The Bertz CT molecular complexity index is 797. The van der Waals surface area contributed by atoms with Crippen molar-refractivity contribution in [2.45, 2.75) is 13.2 Å². The highest BCUT2D eigenvalue weighted by molar-refractivity contribution is 9.10. The van der Waals surface area contributed by atoms with Crippen molar-refractivity contribution >= 4 is 22.0 Å². The fourth-order valence-electron chi connectivity index (χ4n) is 2.18. The molecule has 0 spiro atoms. The Kier molecular flexibility index (Phi) is 5.33. The minimum Gasteiger partial charge on any atom is -0.459 e. The van der Waals surface area contributed by atoms with Crippen LogP contribution in [0.4, 0.5) is 4.79 Å². The number of carbonyl (C=O) groups excluding carboxylic acids is 1. The summed E-state index contributed by atoms with van der Waals surface area (Å²) in [5, 5.41) is 2.68. The molecule has 1 N–H and O–H groups in total. The van der Waals surface area contributed by atoms with Crippen LogP contribution < -0.4 is 5.32 Å². The van der Waals surface area contributed by atoms with Crippen LogP contribution >= 0.6 is 15.9 Å². The van der Waals surface area contributed by atoms with Gasteiger partial charge in [-0.05, 0) is 29.8 Å². The second-order valence-corrected chi connectivity index (χ2v) is 6.10. The summed E-state index contributed by atoms with van der Waals surface area (Å²) in [7, 11) is 0. The molecule has 5 heteroatoms. The number of benzene rings is 2. The first-order chi connectivity index (χ1) is 11.7. The molecule has 0 saturated carbocycles. The number of furan rings is 1. The highest BCUT2D eigenvalue weighted by atomic mass is 79.9. The molecule has 4 nitrogen and oxygen atoms in total. The van der Waals surface area contributed by atoms with Gasteiger partial charge in [0.1, 0.15) is 18.1 Å². The lowest BCUT2D eigenvalue weighted by Gasteiger charge is -2.06. The van der Waals surface area contributed by atoms with E-state index >= 15 is 0 Å². The Hall–Kier alpha value is -2.53. The zero-order valence-corrected chi connectivity index (χ0v) is 14.5. The van der Waals surface area contributed by atoms with Crippen molar-refractivity contribution in [3.05, 3.63) is 82.5 Å². The lowest BCUT2D eigenvalue weighted by molar-refractivity contribution is 0.138. The minimum atomic E-state index is -0.472. The molecule has 0 unspecified atom stereocenters. The van der Waals surface area contributed by atoms with Crippen molar-refractivity contribution in [1.82, 2.24) is 5.32 Å². The fourth-order valence-corrected chi connectivity index (χ4v) is 2.44. The SMILES string of the molecule is O=C(NCc1ccc(-c2ccc(Br)cc2)o1)OCc1ccccc1. The van der Waals surface area contributed by atoms with Crippen LogP contribution in [0.1, 0.15) is 11.3 Å². The van der Waals surface area contributed by atoms with Gasteiger partial charge in [-0.3, -0.25) is 0 Å². The van der Waals surface area contributed by atoms with E-state index in [4.69, 9.17) is 9.15 Å². The summed E-state index contributed by atoms with van der Waals surface area (Å²) in [6.07, 6.45) is -0.472. The third-order valence-corrected chi connectivity index (χ3v) is 3.94. The number of hydrogen-bond donors (Lipinski definition) is 1. The van der Waals surface area contributed by atoms with Crippen molar-refractivity contribution < 1.29 is 13.9 Å². The Morgan fingerprint density at radius 3 is 2.50 bits per heavy atom. The first kappa shape index (κ1) is 16.3. The number of hydrogen-bond acceptors (Lipinski definition) is 3. The number of nitrogens with one attached hydrogen (secondary N) is 1. The van der Waals surface area contributed by atoms with E-state index in [0.717, 1.165) is 21.4 Å². The third kappa shape index (κ3) is 4.49. The minimum absolute atomic E-state index is 0.245. The molecule has 0 aliphatic carbocycles. The maximum absolute atomic E-state index is 11.7. The quantitative estimate of drug-likeness (QED) is 0.661. The van der Waals surface area contributed by atoms with E-state index < -0.39 is 6.09 Å². The zero-order chi connectivity index (χ0) is 16.8. The molecular weight excluding hydrogens is 370 g/mol. The van der Waals surface area contributed by atoms with Crippen molar-refractivity contribution in [1.29, 1.82) is 0 Å². The Balaban J connectivity index is 1.50. The van der Waals surface area contributed by atoms with Gasteiger partial charge >= 0.3 is 6.09 Å². The summed E-state index contributed by atoms with van der Waals surface area (Å²) in [5.41, 5.74) is 1.93. The molecule has 122 valence electrons. The molecule has 24 heavy (non-hydrogen) atoms. The van der Waals surface area contributed by atoms with E-state index in [1.54, 1.807) is 0 Å². The number of ether oxygens (including phenoxy) is 1. The predicted molar refractivity (Wildman–Crippen MR) is 95.3 cm³/mol. The molecular formula is C19H16BrNO3. The molecule has 1 aromatic heterocycles. The lowest BCUT2D eigenvalue weighted by Crippen LogP contribution is -2.23. The predicted octanol–water partition coefficient (Wildman–Crippen LogP) is 5.14. The number of amides is 1. The first-order valence-electron chi connectivity index (χ1n) is 7.50. The zero-order valence-electron chi connectivity index (χ0n) is 12.9. The summed E-state index contributed by atoms with van der Waals surface area (Å²) < 4.78 is 11.9. The van der Waals surface area contributed by atoms with E-state index in [1.807, 2.05) is 66.7 Å². The van der Waals surface area contributed by atoms with Gasteiger partial charge in [-0.15, -0.1) is 0 Å². The van der Waals surface area contributed by atoms with Crippen LogP contribution in [0.15, 0.2) is 75.6 Å². The van der Waals surface area contributed by atoms with Gasteiger partial charge in [0.15, 0.2) is 0 Å². The van der Waals surface area contributed by atoms with Gasteiger partial charge in [-0.25, -0.2) is 4.79 Å². The van der Waals surface area contributed by atoms with Crippen molar-refractivity contribution in [2.24, 2.45) is 0 Å². The maximum atomic E-state index is 11.7. The van der Waals surface area contributed by atoms with E-state index in [1.165, 1.54) is 0 Å². The fraction of sp³-hybridized carbons (Fsp3) is 0.105. The average molecular weight is 386 g/mol. The third-order valence-electron chi connectivity index (χ3n) is 3.41. The number of halogens is 1. The van der Waals surface area contributed by atoms with Crippen LogP contribution in [0.2, 0.25) is 0 Å². The van der Waals surface area contributed by atoms with Gasteiger partial charge in [0.05, 0.1) is 6.54 Å². The summed E-state index contributed by atoms with van der Waals surface area (Å²) in [5.74, 6) is 1.43. The van der Waals surface area contributed by atoms with E-state index in [2.05, 4.69) is 21.2 Å². The Morgan fingerprint density at radius 1 is 1.00 bits per heavy atom. The van der Waals surface area contributed by atoms with Gasteiger partial charge in [0.25, 0.3) is 0 Å². The van der Waals surface area contributed by atoms with Crippen LogP contribution in [0, 0.1) is 0 Å². The second kappa shape index (κ2) is 7.84. The molecule has 0 fully saturated rings. The smallest absolute Gasteiger partial charge is 0.407 e. The van der Waals surface area contributed by atoms with Crippen molar-refractivity contribution in [2.75, 3.05) is 0 Å². The van der Waals surface area contributed by atoms with Crippen molar-refractivity contribution in [3.8, 4) is 11.3 Å². The molecule has 0 atom stereocenters. The van der Waals surface area contributed by atoms with Crippen LogP contribution in [0.3, 0.4) is 0 Å². The summed E-state index contributed by atoms with van der Waals surface area (Å²) in [6.45, 7) is 0.527. The molecule has 0 saturated heterocycles. The van der Waals surface area contributed by atoms with E-state index in [-0.39, 0.29) is 13.2 Å². The molecule has 0 radical (unpaired) electrons. The van der Waals surface area contributed by atoms with Gasteiger partial charge in [0.2, 0.25) is 0 Å². The Labute approximate surface area is 148 Å². The molecule has 0 aliphatic heterocycles.